The first-order valence-electron chi connectivity index (χ1n) is 6.61. The van der Waals surface area contributed by atoms with Gasteiger partial charge in [-0.15, -0.1) is 0 Å². The predicted octanol–water partition coefficient (Wildman–Crippen LogP) is 3.71. The first kappa shape index (κ1) is 13.3. The van der Waals surface area contributed by atoms with Gasteiger partial charge in [0.15, 0.2) is 0 Å². The zero-order chi connectivity index (χ0) is 13.2. The number of hydrogen-bond acceptors (Lipinski definition) is 2. The molecule has 0 atom stereocenters. The van der Waals surface area contributed by atoms with Crippen LogP contribution in [0.2, 0.25) is 0 Å². The van der Waals surface area contributed by atoms with Crippen molar-refractivity contribution in [1.29, 1.82) is 0 Å². The van der Waals surface area contributed by atoms with Crippen molar-refractivity contribution in [3.8, 4) is 0 Å². The molecule has 1 aliphatic heterocycles. The predicted molar refractivity (Wildman–Crippen MR) is 72.6 cm³/mol. The highest BCUT2D eigenvalue weighted by molar-refractivity contribution is 5.49. The highest BCUT2D eigenvalue weighted by atomic mass is 19.1. The van der Waals surface area contributed by atoms with Crippen LogP contribution in [-0.2, 0) is 10.2 Å². The van der Waals surface area contributed by atoms with Crippen LogP contribution in [0.25, 0.3) is 0 Å². The summed E-state index contributed by atoms with van der Waals surface area (Å²) in [5, 5.41) is 3.31. The van der Waals surface area contributed by atoms with E-state index in [-0.39, 0.29) is 11.2 Å². The van der Waals surface area contributed by atoms with Crippen LogP contribution in [0.3, 0.4) is 0 Å². The van der Waals surface area contributed by atoms with Crippen molar-refractivity contribution in [1.82, 2.24) is 0 Å². The normalized spacial score (nSPS) is 17.8. The van der Waals surface area contributed by atoms with Crippen LogP contribution in [0.5, 0.6) is 0 Å². The van der Waals surface area contributed by atoms with Crippen molar-refractivity contribution in [3.05, 3.63) is 29.6 Å². The molecule has 3 heteroatoms. The minimum Gasteiger partial charge on any atom is -0.381 e. The number of ether oxygens (including phenoxy) is 1. The Balaban J connectivity index is 2.15. The van der Waals surface area contributed by atoms with E-state index < -0.39 is 0 Å². The first-order valence-corrected chi connectivity index (χ1v) is 6.61. The number of rotatable bonds is 2. The van der Waals surface area contributed by atoms with E-state index in [1.807, 2.05) is 12.1 Å². The molecule has 1 heterocycles. The Kier molecular flexibility index (Phi) is 3.91. The zero-order valence-corrected chi connectivity index (χ0v) is 11.4. The molecule has 0 amide bonds. The van der Waals surface area contributed by atoms with Gasteiger partial charge < -0.3 is 10.1 Å². The van der Waals surface area contributed by atoms with E-state index in [2.05, 4.69) is 26.1 Å². The number of hydrogen-bond donors (Lipinski definition) is 1. The van der Waals surface area contributed by atoms with Crippen LogP contribution in [0.4, 0.5) is 10.1 Å². The summed E-state index contributed by atoms with van der Waals surface area (Å²) in [5.74, 6) is -0.172. The van der Waals surface area contributed by atoms with Crippen LogP contribution in [-0.4, -0.2) is 19.3 Å². The number of benzene rings is 1. The Morgan fingerprint density at radius 1 is 1.22 bits per heavy atom. The molecule has 1 fully saturated rings. The van der Waals surface area contributed by atoms with Gasteiger partial charge >= 0.3 is 0 Å². The largest absolute Gasteiger partial charge is 0.381 e. The molecule has 0 bridgehead atoms. The minimum absolute atomic E-state index is 0.0415. The molecule has 0 radical (unpaired) electrons. The molecule has 18 heavy (non-hydrogen) atoms. The van der Waals surface area contributed by atoms with Gasteiger partial charge in [0.05, 0.1) is 5.69 Å². The zero-order valence-electron chi connectivity index (χ0n) is 11.4. The fourth-order valence-corrected chi connectivity index (χ4v) is 2.16. The van der Waals surface area contributed by atoms with Gasteiger partial charge in [-0.1, -0.05) is 26.8 Å². The summed E-state index contributed by atoms with van der Waals surface area (Å²) in [4.78, 5) is 0. The van der Waals surface area contributed by atoms with Gasteiger partial charge in [0.2, 0.25) is 0 Å². The van der Waals surface area contributed by atoms with E-state index in [1.54, 1.807) is 6.07 Å². The number of nitrogens with one attached hydrogen (secondary N) is 1. The number of anilines is 1. The van der Waals surface area contributed by atoms with Gasteiger partial charge in [0.25, 0.3) is 0 Å². The fraction of sp³-hybridized carbons (Fsp3) is 0.600. The maximum atomic E-state index is 13.8. The van der Waals surface area contributed by atoms with Crippen LogP contribution < -0.4 is 5.32 Å². The van der Waals surface area contributed by atoms with E-state index in [0.29, 0.717) is 11.7 Å². The smallest absolute Gasteiger partial charge is 0.146 e. The van der Waals surface area contributed by atoms with Crippen molar-refractivity contribution in [2.24, 2.45) is 0 Å². The summed E-state index contributed by atoms with van der Waals surface area (Å²) in [7, 11) is 0. The molecule has 0 saturated carbocycles. The van der Waals surface area contributed by atoms with Crippen molar-refractivity contribution in [3.63, 3.8) is 0 Å². The molecule has 1 aromatic rings. The second-order valence-electron chi connectivity index (χ2n) is 5.98. The van der Waals surface area contributed by atoms with Crippen molar-refractivity contribution in [2.45, 2.75) is 45.1 Å². The van der Waals surface area contributed by atoms with E-state index >= 15 is 0 Å². The lowest BCUT2D eigenvalue weighted by molar-refractivity contribution is 0.0904. The Morgan fingerprint density at radius 3 is 2.50 bits per heavy atom. The van der Waals surface area contributed by atoms with Gasteiger partial charge in [-0.3, -0.25) is 0 Å². The molecule has 0 unspecified atom stereocenters. The summed E-state index contributed by atoms with van der Waals surface area (Å²) in [6, 6.07) is 5.68. The van der Waals surface area contributed by atoms with Gasteiger partial charge in [0, 0.05) is 19.3 Å². The molecule has 100 valence electrons. The van der Waals surface area contributed by atoms with Gasteiger partial charge in [0.1, 0.15) is 5.82 Å². The molecule has 2 rings (SSSR count). The fourth-order valence-electron chi connectivity index (χ4n) is 2.16. The maximum Gasteiger partial charge on any atom is 0.146 e. The highest BCUT2D eigenvalue weighted by Gasteiger charge is 2.18. The second kappa shape index (κ2) is 5.27. The molecule has 1 N–H and O–H groups in total. The third-order valence-electron chi connectivity index (χ3n) is 3.41. The molecule has 1 saturated heterocycles. The van der Waals surface area contributed by atoms with E-state index in [1.165, 1.54) is 0 Å². The second-order valence-corrected chi connectivity index (χ2v) is 5.98. The third kappa shape index (κ3) is 3.22. The average Bonchev–Trinajstić information content (AvgIpc) is 2.32. The third-order valence-corrected chi connectivity index (χ3v) is 3.41. The van der Waals surface area contributed by atoms with Crippen LogP contribution in [0.15, 0.2) is 18.2 Å². The molecule has 0 aromatic heterocycles. The van der Waals surface area contributed by atoms with E-state index in [0.717, 1.165) is 31.6 Å². The Labute approximate surface area is 109 Å². The van der Waals surface area contributed by atoms with Gasteiger partial charge in [-0.25, -0.2) is 4.39 Å². The Bertz CT molecular complexity index is 405. The van der Waals surface area contributed by atoms with Gasteiger partial charge in [-0.2, -0.15) is 0 Å². The molecular formula is C15H22FNO. The lowest BCUT2D eigenvalue weighted by Crippen LogP contribution is -2.28. The summed E-state index contributed by atoms with van der Waals surface area (Å²) in [6.45, 7) is 7.94. The summed E-state index contributed by atoms with van der Waals surface area (Å²) >= 11 is 0. The maximum absolute atomic E-state index is 13.8. The standard InChI is InChI=1S/C15H22FNO/c1-15(2,3)11-4-5-13(16)14(10-11)17-12-6-8-18-9-7-12/h4-5,10,12,17H,6-9H2,1-3H3. The Hall–Kier alpha value is -1.09. The molecule has 0 aliphatic carbocycles. The van der Waals surface area contributed by atoms with Crippen molar-refractivity contribution < 1.29 is 9.13 Å². The molecule has 2 nitrogen and oxygen atoms in total. The topological polar surface area (TPSA) is 21.3 Å². The van der Waals surface area contributed by atoms with Gasteiger partial charge in [-0.05, 0) is 36.0 Å². The van der Waals surface area contributed by atoms with Crippen LogP contribution in [0, 0.1) is 5.82 Å². The van der Waals surface area contributed by atoms with Crippen LogP contribution >= 0.6 is 0 Å². The van der Waals surface area contributed by atoms with Crippen molar-refractivity contribution in [2.75, 3.05) is 18.5 Å². The highest BCUT2D eigenvalue weighted by Crippen LogP contribution is 2.27. The summed E-state index contributed by atoms with van der Waals surface area (Å²) in [5.41, 5.74) is 1.81. The first-order chi connectivity index (χ1) is 8.47. The molecule has 0 spiro atoms. The minimum atomic E-state index is -0.172. The molecule has 1 aliphatic rings. The monoisotopic (exact) mass is 251 g/mol. The Morgan fingerprint density at radius 2 is 1.89 bits per heavy atom. The lowest BCUT2D eigenvalue weighted by atomic mass is 9.87. The SMILES string of the molecule is CC(C)(C)c1ccc(F)c(NC2CCOCC2)c1. The van der Waals surface area contributed by atoms with Crippen molar-refractivity contribution >= 4 is 5.69 Å². The summed E-state index contributed by atoms with van der Waals surface area (Å²) < 4.78 is 19.1. The molecular weight excluding hydrogens is 229 g/mol. The van der Waals surface area contributed by atoms with E-state index in [9.17, 15) is 4.39 Å². The number of halogens is 1. The summed E-state index contributed by atoms with van der Waals surface area (Å²) in [6.07, 6.45) is 1.89. The molecule has 1 aromatic carbocycles. The average molecular weight is 251 g/mol. The quantitative estimate of drug-likeness (QED) is 0.865. The van der Waals surface area contributed by atoms with Crippen LogP contribution in [0.1, 0.15) is 39.2 Å². The lowest BCUT2D eigenvalue weighted by Gasteiger charge is -2.26. The van der Waals surface area contributed by atoms with E-state index in [4.69, 9.17) is 4.74 Å².